The Morgan fingerprint density at radius 1 is 1.24 bits per heavy atom. The van der Waals surface area contributed by atoms with Crippen molar-refractivity contribution in [2.24, 2.45) is 0 Å². The zero-order valence-electron chi connectivity index (χ0n) is 17.1. The van der Waals surface area contributed by atoms with Gasteiger partial charge in [0.2, 0.25) is 15.9 Å². The van der Waals surface area contributed by atoms with Crippen molar-refractivity contribution < 1.29 is 17.9 Å². The van der Waals surface area contributed by atoms with E-state index in [-0.39, 0.29) is 5.91 Å². The fourth-order valence-electron chi connectivity index (χ4n) is 3.09. The molecule has 0 fully saturated rings. The molecule has 0 aromatic heterocycles. The van der Waals surface area contributed by atoms with Crippen LogP contribution in [0.4, 0.5) is 5.69 Å². The van der Waals surface area contributed by atoms with Gasteiger partial charge in [0.1, 0.15) is 11.8 Å². The summed E-state index contributed by atoms with van der Waals surface area (Å²) in [5, 5.41) is 3.51. The van der Waals surface area contributed by atoms with Crippen molar-refractivity contribution >= 4 is 33.2 Å². The highest BCUT2D eigenvalue weighted by atomic mass is 35.5. The van der Waals surface area contributed by atoms with Crippen molar-refractivity contribution in [1.82, 2.24) is 5.32 Å². The quantitative estimate of drug-likeness (QED) is 0.607. The Labute approximate surface area is 177 Å². The van der Waals surface area contributed by atoms with E-state index in [9.17, 15) is 13.2 Å². The van der Waals surface area contributed by atoms with Gasteiger partial charge in [0, 0.05) is 11.6 Å². The Morgan fingerprint density at radius 2 is 1.93 bits per heavy atom. The molecule has 0 bridgehead atoms. The van der Waals surface area contributed by atoms with Crippen LogP contribution in [0.3, 0.4) is 0 Å². The zero-order valence-corrected chi connectivity index (χ0v) is 18.7. The van der Waals surface area contributed by atoms with Crippen molar-refractivity contribution in [3.05, 3.63) is 58.6 Å². The van der Waals surface area contributed by atoms with E-state index in [4.69, 9.17) is 16.3 Å². The maximum absolute atomic E-state index is 12.7. The lowest BCUT2D eigenvalue weighted by molar-refractivity contribution is -0.121. The van der Waals surface area contributed by atoms with Gasteiger partial charge in [0.25, 0.3) is 0 Å². The minimum absolute atomic E-state index is 0.341. The van der Waals surface area contributed by atoms with E-state index in [2.05, 4.69) is 5.32 Å². The van der Waals surface area contributed by atoms with E-state index in [1.807, 2.05) is 37.3 Å². The number of ether oxygens (including phenoxy) is 1. The van der Waals surface area contributed by atoms with Crippen LogP contribution in [0.2, 0.25) is 5.02 Å². The number of anilines is 1. The Balaban J connectivity index is 2.10. The lowest BCUT2D eigenvalue weighted by Crippen LogP contribution is -2.48. The Bertz CT molecular complexity index is 963. The molecule has 8 heteroatoms. The zero-order chi connectivity index (χ0) is 21.6. The number of sulfonamides is 1. The first-order valence-electron chi connectivity index (χ1n) is 9.30. The van der Waals surface area contributed by atoms with E-state index < -0.39 is 16.1 Å². The highest BCUT2D eigenvalue weighted by molar-refractivity contribution is 7.92. The molecule has 1 amide bonds. The molecule has 29 heavy (non-hydrogen) atoms. The first-order chi connectivity index (χ1) is 13.6. The van der Waals surface area contributed by atoms with Gasteiger partial charge >= 0.3 is 0 Å². The second-order valence-corrected chi connectivity index (χ2v) is 9.16. The average Bonchev–Trinajstić information content (AvgIpc) is 2.65. The van der Waals surface area contributed by atoms with Crippen LogP contribution >= 0.6 is 11.6 Å². The number of methoxy groups -OCH3 is 1. The normalized spacial score (nSPS) is 12.3. The molecule has 0 aliphatic carbocycles. The van der Waals surface area contributed by atoms with E-state index in [0.29, 0.717) is 29.4 Å². The van der Waals surface area contributed by atoms with Crippen molar-refractivity contribution in [1.29, 1.82) is 0 Å². The fourth-order valence-corrected chi connectivity index (χ4v) is 4.49. The minimum Gasteiger partial charge on any atom is -0.495 e. The lowest BCUT2D eigenvalue weighted by Gasteiger charge is -2.29. The van der Waals surface area contributed by atoms with Gasteiger partial charge in [0.15, 0.2) is 0 Å². The van der Waals surface area contributed by atoms with Crippen LogP contribution in [0.5, 0.6) is 5.75 Å². The van der Waals surface area contributed by atoms with Gasteiger partial charge < -0.3 is 10.1 Å². The Morgan fingerprint density at radius 3 is 2.55 bits per heavy atom. The number of rotatable bonds is 9. The smallest absolute Gasteiger partial charge is 0.243 e. The Hall–Kier alpha value is -2.25. The van der Waals surface area contributed by atoms with E-state index in [1.54, 1.807) is 19.1 Å². The van der Waals surface area contributed by atoms with Crippen molar-refractivity contribution in [3.63, 3.8) is 0 Å². The number of nitrogens with zero attached hydrogens (tertiary/aromatic N) is 1. The summed E-state index contributed by atoms with van der Waals surface area (Å²) in [6, 6.07) is 11.8. The molecule has 158 valence electrons. The summed E-state index contributed by atoms with van der Waals surface area (Å²) in [6.07, 6.45) is 2.49. The second kappa shape index (κ2) is 9.98. The summed E-state index contributed by atoms with van der Waals surface area (Å²) in [6.45, 7) is 3.83. The molecular formula is C21H27ClN2O4S. The number of benzene rings is 2. The molecule has 1 N–H and O–H groups in total. The van der Waals surface area contributed by atoms with Crippen LogP contribution in [0, 0.1) is 6.92 Å². The van der Waals surface area contributed by atoms with Gasteiger partial charge in [-0.2, -0.15) is 0 Å². The summed E-state index contributed by atoms with van der Waals surface area (Å²) in [4.78, 5) is 12.7. The molecule has 0 aliphatic rings. The van der Waals surface area contributed by atoms with E-state index in [1.165, 1.54) is 7.11 Å². The number of nitrogens with one attached hydrogen (secondary N) is 1. The maximum Gasteiger partial charge on any atom is 0.243 e. The van der Waals surface area contributed by atoms with Crippen LogP contribution in [-0.2, 0) is 21.2 Å². The SMILES string of the molecule is COc1ccc(C)cc1N(C(C)C(=O)NCCCc1ccccc1Cl)S(C)(=O)=O. The van der Waals surface area contributed by atoms with Crippen molar-refractivity contribution in [2.75, 3.05) is 24.2 Å². The van der Waals surface area contributed by atoms with Gasteiger partial charge in [-0.1, -0.05) is 35.9 Å². The third-order valence-corrected chi connectivity index (χ3v) is 6.14. The van der Waals surface area contributed by atoms with Gasteiger partial charge in [0.05, 0.1) is 19.1 Å². The molecule has 2 aromatic rings. The third-order valence-electron chi connectivity index (χ3n) is 4.54. The number of hydrogen-bond acceptors (Lipinski definition) is 4. The molecular weight excluding hydrogens is 412 g/mol. The molecule has 1 unspecified atom stereocenters. The van der Waals surface area contributed by atoms with Crippen LogP contribution in [0.25, 0.3) is 0 Å². The summed E-state index contributed by atoms with van der Waals surface area (Å²) >= 11 is 6.14. The number of carbonyl (C=O) groups is 1. The van der Waals surface area contributed by atoms with Crippen LogP contribution in [0.1, 0.15) is 24.5 Å². The van der Waals surface area contributed by atoms with Gasteiger partial charge in [-0.3, -0.25) is 9.10 Å². The van der Waals surface area contributed by atoms with E-state index >= 15 is 0 Å². The van der Waals surface area contributed by atoms with Gasteiger partial charge in [-0.25, -0.2) is 8.42 Å². The van der Waals surface area contributed by atoms with Crippen LogP contribution in [0.15, 0.2) is 42.5 Å². The van der Waals surface area contributed by atoms with Gasteiger partial charge in [-0.15, -0.1) is 0 Å². The molecule has 0 saturated carbocycles. The molecule has 0 heterocycles. The minimum atomic E-state index is -3.72. The first kappa shape index (κ1) is 23.0. The first-order valence-corrected chi connectivity index (χ1v) is 11.5. The number of aryl methyl sites for hydroxylation is 2. The third kappa shape index (κ3) is 6.11. The number of amides is 1. The molecule has 2 rings (SSSR count). The topological polar surface area (TPSA) is 75.7 Å². The number of hydrogen-bond donors (Lipinski definition) is 1. The summed E-state index contributed by atoms with van der Waals surface area (Å²) in [5.74, 6) is 0.0116. The monoisotopic (exact) mass is 438 g/mol. The van der Waals surface area contributed by atoms with Crippen molar-refractivity contribution in [3.8, 4) is 5.75 Å². The largest absolute Gasteiger partial charge is 0.495 e. The van der Waals surface area contributed by atoms with Gasteiger partial charge in [-0.05, 0) is 56.0 Å². The molecule has 6 nitrogen and oxygen atoms in total. The molecule has 0 aliphatic heterocycles. The van der Waals surface area contributed by atoms with Crippen LogP contribution < -0.4 is 14.4 Å². The van der Waals surface area contributed by atoms with Crippen LogP contribution in [-0.4, -0.2) is 40.3 Å². The standard InChI is InChI=1S/C21H27ClN2O4S/c1-15-11-12-20(28-3)19(14-15)24(29(4,26)27)16(2)21(25)23-13-7-9-17-8-5-6-10-18(17)22/h5-6,8,10-12,14,16H,7,9,13H2,1-4H3,(H,23,25). The van der Waals surface area contributed by atoms with E-state index in [0.717, 1.165) is 28.1 Å². The highest BCUT2D eigenvalue weighted by Gasteiger charge is 2.31. The molecule has 1 atom stereocenters. The molecule has 0 saturated heterocycles. The lowest BCUT2D eigenvalue weighted by atomic mass is 10.1. The maximum atomic E-state index is 12.7. The molecule has 0 spiro atoms. The second-order valence-electron chi connectivity index (χ2n) is 6.90. The summed E-state index contributed by atoms with van der Waals surface area (Å²) in [5.41, 5.74) is 2.22. The fraction of sp³-hybridized carbons (Fsp3) is 0.381. The Kier molecular flexibility index (Phi) is 7.93. The summed E-state index contributed by atoms with van der Waals surface area (Å²) < 4.78 is 31.4. The highest BCUT2D eigenvalue weighted by Crippen LogP contribution is 2.32. The number of halogens is 1. The van der Waals surface area contributed by atoms with Crippen molar-refractivity contribution in [2.45, 2.75) is 32.7 Å². The average molecular weight is 439 g/mol. The predicted octanol–water partition coefficient (Wildman–Crippen LogP) is 3.56. The molecule has 2 aromatic carbocycles. The number of carbonyl (C=O) groups excluding carboxylic acids is 1. The molecule has 0 radical (unpaired) electrons. The summed E-state index contributed by atoms with van der Waals surface area (Å²) in [7, 11) is -2.25. The predicted molar refractivity (Wildman–Crippen MR) is 117 cm³/mol.